The summed E-state index contributed by atoms with van der Waals surface area (Å²) in [4.78, 5) is 22.7. The van der Waals surface area contributed by atoms with E-state index in [1.807, 2.05) is 12.1 Å². The van der Waals surface area contributed by atoms with Gasteiger partial charge in [0.15, 0.2) is 11.5 Å². The summed E-state index contributed by atoms with van der Waals surface area (Å²) in [5.74, 6) is -0.680. The number of ether oxygens (including phenoxy) is 2. The highest BCUT2D eigenvalue weighted by atomic mass is 16.5. The fraction of sp³-hybridized carbons (Fsp3) is 0.333. The van der Waals surface area contributed by atoms with E-state index in [1.54, 1.807) is 19.3 Å². The number of carboxylic acids is 1. The van der Waals surface area contributed by atoms with Crippen molar-refractivity contribution in [3.8, 4) is 11.5 Å². The first-order valence-corrected chi connectivity index (χ1v) is 6.54. The van der Waals surface area contributed by atoms with Crippen LogP contribution >= 0.6 is 0 Å². The molecule has 0 fully saturated rings. The number of rotatable bonds is 5. The number of amides is 1. The van der Waals surface area contributed by atoms with Crippen molar-refractivity contribution < 1.29 is 24.2 Å². The van der Waals surface area contributed by atoms with Gasteiger partial charge in [0.05, 0.1) is 18.6 Å². The largest absolute Gasteiger partial charge is 0.493 e. The molecule has 2 N–H and O–H groups in total. The third-order valence-electron chi connectivity index (χ3n) is 3.21. The summed E-state index contributed by atoms with van der Waals surface area (Å²) in [5.41, 5.74) is 1.21. The molecule has 1 aromatic rings. The maximum absolute atomic E-state index is 12.0. The monoisotopic (exact) mass is 291 g/mol. The zero-order valence-corrected chi connectivity index (χ0v) is 11.9. The molecule has 1 aliphatic heterocycles. The van der Waals surface area contributed by atoms with Gasteiger partial charge >= 0.3 is 5.97 Å². The maximum Gasteiger partial charge on any atom is 0.308 e. The van der Waals surface area contributed by atoms with Crippen LogP contribution in [-0.4, -0.2) is 37.2 Å². The summed E-state index contributed by atoms with van der Waals surface area (Å²) in [6.45, 7) is 1.74. The van der Waals surface area contributed by atoms with E-state index in [0.717, 1.165) is 5.56 Å². The molecule has 6 nitrogen and oxygen atoms in total. The highest BCUT2D eigenvalue weighted by Crippen LogP contribution is 2.35. The number of nitrogens with one attached hydrogen (secondary N) is 1. The van der Waals surface area contributed by atoms with Crippen LogP contribution in [0.15, 0.2) is 23.8 Å². The molecule has 2 rings (SSSR count). The van der Waals surface area contributed by atoms with Crippen molar-refractivity contribution >= 4 is 18.0 Å². The number of carbonyl (C=O) groups excluding carboxylic acids is 1. The van der Waals surface area contributed by atoms with E-state index < -0.39 is 11.9 Å². The zero-order chi connectivity index (χ0) is 15.4. The first-order chi connectivity index (χ1) is 10.0. The average molecular weight is 291 g/mol. The molecule has 112 valence electrons. The topological polar surface area (TPSA) is 84.9 Å². The number of methoxy groups -OCH3 is 1. The van der Waals surface area contributed by atoms with E-state index in [9.17, 15) is 9.59 Å². The number of benzene rings is 1. The Morgan fingerprint density at radius 2 is 2.24 bits per heavy atom. The van der Waals surface area contributed by atoms with Gasteiger partial charge in [-0.1, -0.05) is 19.1 Å². The standard InChI is InChI=1S/C15H17NO5/c1-9(15(18)19)7-16-14(17)11-6-10-4-3-5-12(20-2)13(10)21-8-11/h3-6,9H,7-8H2,1-2H3,(H,16,17)(H,18,19). The third kappa shape index (κ3) is 3.34. The molecule has 0 radical (unpaired) electrons. The first kappa shape index (κ1) is 14.9. The molecule has 1 amide bonds. The predicted octanol–water partition coefficient (Wildman–Crippen LogP) is 1.31. The summed E-state index contributed by atoms with van der Waals surface area (Å²) in [5, 5.41) is 11.4. The molecule has 1 atom stereocenters. The van der Waals surface area contributed by atoms with Crippen molar-refractivity contribution in [1.82, 2.24) is 5.32 Å². The van der Waals surface area contributed by atoms with Crippen LogP contribution < -0.4 is 14.8 Å². The maximum atomic E-state index is 12.0. The number of fused-ring (bicyclic) bond motifs is 1. The van der Waals surface area contributed by atoms with Gasteiger partial charge < -0.3 is 19.9 Å². The minimum absolute atomic E-state index is 0.0798. The minimum Gasteiger partial charge on any atom is -0.493 e. The van der Waals surface area contributed by atoms with Gasteiger partial charge in [0.2, 0.25) is 0 Å². The summed E-state index contributed by atoms with van der Waals surface area (Å²) in [6.07, 6.45) is 1.72. The molecule has 6 heteroatoms. The normalized spacial score (nSPS) is 14.3. The number of para-hydroxylation sites is 1. The van der Waals surface area contributed by atoms with Crippen molar-refractivity contribution in [2.45, 2.75) is 6.92 Å². The van der Waals surface area contributed by atoms with Crippen LogP contribution in [0.3, 0.4) is 0 Å². The molecule has 1 heterocycles. The number of hydrogen-bond donors (Lipinski definition) is 2. The van der Waals surface area contributed by atoms with Crippen LogP contribution in [0.1, 0.15) is 12.5 Å². The molecule has 1 aliphatic rings. The number of carbonyl (C=O) groups is 2. The molecule has 0 aliphatic carbocycles. The summed E-state index contributed by atoms with van der Waals surface area (Å²) in [6, 6.07) is 5.42. The van der Waals surface area contributed by atoms with Crippen molar-refractivity contribution in [3.05, 3.63) is 29.3 Å². The smallest absolute Gasteiger partial charge is 0.308 e. The summed E-state index contributed by atoms with van der Waals surface area (Å²) < 4.78 is 10.8. The Labute approximate surface area is 122 Å². The van der Waals surface area contributed by atoms with Gasteiger partial charge in [0, 0.05) is 12.1 Å². The molecule has 1 aromatic carbocycles. The van der Waals surface area contributed by atoms with Crippen LogP contribution in [0.4, 0.5) is 0 Å². The lowest BCUT2D eigenvalue weighted by Gasteiger charge is -2.20. The third-order valence-corrected chi connectivity index (χ3v) is 3.21. The molecule has 0 aromatic heterocycles. The predicted molar refractivity (Wildman–Crippen MR) is 76.3 cm³/mol. The molecule has 1 unspecified atom stereocenters. The van der Waals surface area contributed by atoms with Crippen LogP contribution in [-0.2, 0) is 9.59 Å². The molecule has 21 heavy (non-hydrogen) atoms. The Hall–Kier alpha value is -2.50. The number of aliphatic carboxylic acids is 1. The van der Waals surface area contributed by atoms with Gasteiger partial charge in [0.25, 0.3) is 5.91 Å². The Balaban J connectivity index is 2.09. The van der Waals surface area contributed by atoms with E-state index in [2.05, 4.69) is 5.32 Å². The van der Waals surface area contributed by atoms with Crippen molar-refractivity contribution in [1.29, 1.82) is 0 Å². The Kier molecular flexibility index (Phi) is 4.47. The average Bonchev–Trinajstić information content (AvgIpc) is 2.50. The second-order valence-corrected chi connectivity index (χ2v) is 4.79. The minimum atomic E-state index is -0.945. The van der Waals surface area contributed by atoms with Gasteiger partial charge in [-0.25, -0.2) is 0 Å². The lowest BCUT2D eigenvalue weighted by atomic mass is 10.1. The Morgan fingerprint density at radius 1 is 1.48 bits per heavy atom. The Bertz CT molecular complexity index is 594. The second-order valence-electron chi connectivity index (χ2n) is 4.79. The number of carboxylic acid groups (broad SMARTS) is 1. The number of hydrogen-bond acceptors (Lipinski definition) is 4. The van der Waals surface area contributed by atoms with Crippen LogP contribution in [0, 0.1) is 5.92 Å². The fourth-order valence-electron chi connectivity index (χ4n) is 1.92. The van der Waals surface area contributed by atoms with Crippen LogP contribution in [0.25, 0.3) is 6.08 Å². The van der Waals surface area contributed by atoms with Crippen LogP contribution in [0.2, 0.25) is 0 Å². The summed E-state index contributed by atoms with van der Waals surface area (Å²) >= 11 is 0. The highest BCUT2D eigenvalue weighted by molar-refractivity contribution is 5.99. The zero-order valence-electron chi connectivity index (χ0n) is 11.9. The van der Waals surface area contributed by atoms with E-state index >= 15 is 0 Å². The van der Waals surface area contributed by atoms with Gasteiger partial charge in [-0.2, -0.15) is 0 Å². The van der Waals surface area contributed by atoms with Gasteiger partial charge in [-0.3, -0.25) is 9.59 Å². The van der Waals surface area contributed by atoms with Gasteiger partial charge in [-0.05, 0) is 12.1 Å². The quantitative estimate of drug-likeness (QED) is 0.854. The molecule has 0 saturated heterocycles. The first-order valence-electron chi connectivity index (χ1n) is 6.54. The molecule has 0 saturated carbocycles. The van der Waals surface area contributed by atoms with Gasteiger partial charge in [-0.15, -0.1) is 0 Å². The van der Waals surface area contributed by atoms with Crippen molar-refractivity contribution in [2.24, 2.45) is 5.92 Å². The van der Waals surface area contributed by atoms with Gasteiger partial charge in [0.1, 0.15) is 6.61 Å². The lowest BCUT2D eigenvalue weighted by molar-refractivity contribution is -0.141. The van der Waals surface area contributed by atoms with Crippen molar-refractivity contribution in [2.75, 3.05) is 20.3 Å². The second kappa shape index (κ2) is 6.30. The fourth-order valence-corrected chi connectivity index (χ4v) is 1.92. The van der Waals surface area contributed by atoms with E-state index in [0.29, 0.717) is 17.1 Å². The Morgan fingerprint density at radius 3 is 2.90 bits per heavy atom. The lowest BCUT2D eigenvalue weighted by Crippen LogP contribution is -2.34. The SMILES string of the molecule is COc1cccc2c1OCC(C(=O)NCC(C)C(=O)O)=C2. The molecular weight excluding hydrogens is 274 g/mol. The summed E-state index contributed by atoms with van der Waals surface area (Å²) in [7, 11) is 1.55. The highest BCUT2D eigenvalue weighted by Gasteiger charge is 2.21. The molecule has 0 bridgehead atoms. The van der Waals surface area contributed by atoms with Crippen LogP contribution in [0.5, 0.6) is 11.5 Å². The van der Waals surface area contributed by atoms with E-state index in [4.69, 9.17) is 14.6 Å². The molecule has 0 spiro atoms. The molecular formula is C15H17NO5. The van der Waals surface area contributed by atoms with E-state index in [1.165, 1.54) is 6.92 Å². The van der Waals surface area contributed by atoms with Crippen molar-refractivity contribution in [3.63, 3.8) is 0 Å². The van der Waals surface area contributed by atoms with E-state index in [-0.39, 0.29) is 19.1 Å².